The monoisotopic (exact) mass is 381 g/mol. The molecule has 0 atom stereocenters. The van der Waals surface area contributed by atoms with Gasteiger partial charge in [-0.05, 0) is 43.3 Å². The fraction of sp³-hybridized carbons (Fsp3) is 0.150. The van der Waals surface area contributed by atoms with Crippen LogP contribution in [0.1, 0.15) is 24.2 Å². The number of carbonyl (C=O) groups excluding carboxylic acids is 2. The van der Waals surface area contributed by atoms with E-state index in [1.807, 2.05) is 36.6 Å². The van der Waals surface area contributed by atoms with Crippen LogP contribution in [0.2, 0.25) is 0 Å². The van der Waals surface area contributed by atoms with E-state index in [0.29, 0.717) is 17.3 Å². The second-order valence-electron chi connectivity index (χ2n) is 5.71. The van der Waals surface area contributed by atoms with Crippen LogP contribution in [0.25, 0.3) is 11.3 Å². The van der Waals surface area contributed by atoms with Crippen molar-refractivity contribution in [3.05, 3.63) is 59.5 Å². The summed E-state index contributed by atoms with van der Waals surface area (Å²) < 4.78 is 5.38. The molecule has 2 amide bonds. The van der Waals surface area contributed by atoms with E-state index in [1.54, 1.807) is 24.3 Å². The minimum Gasteiger partial charge on any atom is -0.494 e. The summed E-state index contributed by atoms with van der Waals surface area (Å²) in [6, 6.07) is 14.3. The maximum Gasteiger partial charge on any atom is 0.257 e. The van der Waals surface area contributed by atoms with Crippen molar-refractivity contribution in [3.63, 3.8) is 0 Å². The summed E-state index contributed by atoms with van der Waals surface area (Å²) in [4.78, 5) is 27.9. The molecule has 0 aliphatic rings. The topological polar surface area (TPSA) is 80.3 Å². The smallest absolute Gasteiger partial charge is 0.257 e. The maximum absolute atomic E-state index is 12.4. The minimum absolute atomic E-state index is 0.115. The molecule has 0 aliphatic carbocycles. The number of thiazole rings is 1. The Morgan fingerprint density at radius 1 is 1.04 bits per heavy atom. The molecule has 1 aromatic heterocycles. The molecular weight excluding hydrogens is 362 g/mol. The lowest BCUT2D eigenvalue weighted by Gasteiger charge is -2.05. The van der Waals surface area contributed by atoms with Crippen LogP contribution < -0.4 is 15.4 Å². The third-order valence-electron chi connectivity index (χ3n) is 3.65. The lowest BCUT2D eigenvalue weighted by atomic mass is 10.1. The number of nitrogens with zero attached hydrogens (tertiary/aromatic N) is 1. The fourth-order valence-corrected chi connectivity index (χ4v) is 3.14. The normalized spacial score (nSPS) is 10.3. The Kier molecular flexibility index (Phi) is 5.83. The number of nitrogens with one attached hydrogen (secondary N) is 2. The molecule has 1 heterocycles. The molecule has 2 aromatic carbocycles. The number of amides is 2. The van der Waals surface area contributed by atoms with Gasteiger partial charge in [0.25, 0.3) is 5.91 Å². The lowest BCUT2D eigenvalue weighted by molar-refractivity contribution is -0.114. The van der Waals surface area contributed by atoms with E-state index in [9.17, 15) is 9.59 Å². The van der Waals surface area contributed by atoms with Crippen molar-refractivity contribution in [3.8, 4) is 17.0 Å². The third-order valence-corrected chi connectivity index (χ3v) is 4.41. The first-order valence-corrected chi connectivity index (χ1v) is 9.31. The van der Waals surface area contributed by atoms with Gasteiger partial charge in [-0.3, -0.25) is 14.9 Å². The Hall–Kier alpha value is -3.19. The Morgan fingerprint density at radius 2 is 1.74 bits per heavy atom. The van der Waals surface area contributed by atoms with E-state index >= 15 is 0 Å². The van der Waals surface area contributed by atoms with E-state index in [2.05, 4.69) is 15.6 Å². The van der Waals surface area contributed by atoms with E-state index in [0.717, 1.165) is 22.7 Å². The quantitative estimate of drug-likeness (QED) is 0.662. The summed E-state index contributed by atoms with van der Waals surface area (Å²) in [6.07, 6.45) is 0. The van der Waals surface area contributed by atoms with Crippen LogP contribution in [0.5, 0.6) is 5.75 Å². The SMILES string of the molecule is CCOc1ccc(C(=O)Nc2nc(-c3ccc(NC(C)=O)cc3)cs2)cc1. The van der Waals surface area contributed by atoms with Gasteiger partial charge in [-0.1, -0.05) is 12.1 Å². The molecular formula is C20H19N3O3S. The van der Waals surface area contributed by atoms with Gasteiger partial charge >= 0.3 is 0 Å². The van der Waals surface area contributed by atoms with Crippen molar-refractivity contribution in [1.29, 1.82) is 0 Å². The molecule has 0 radical (unpaired) electrons. The van der Waals surface area contributed by atoms with Gasteiger partial charge in [-0.25, -0.2) is 4.98 Å². The molecule has 3 aromatic rings. The molecule has 0 aliphatic heterocycles. The summed E-state index contributed by atoms with van der Waals surface area (Å²) in [5.74, 6) is 0.393. The molecule has 0 fully saturated rings. The van der Waals surface area contributed by atoms with Crippen molar-refractivity contribution in [2.75, 3.05) is 17.2 Å². The minimum atomic E-state index is -0.222. The van der Waals surface area contributed by atoms with Crippen molar-refractivity contribution in [2.24, 2.45) is 0 Å². The highest BCUT2D eigenvalue weighted by Gasteiger charge is 2.10. The zero-order chi connectivity index (χ0) is 19.2. The summed E-state index contributed by atoms with van der Waals surface area (Å²) in [5.41, 5.74) is 2.93. The van der Waals surface area contributed by atoms with Gasteiger partial charge in [0.05, 0.1) is 12.3 Å². The van der Waals surface area contributed by atoms with Crippen molar-refractivity contribution in [2.45, 2.75) is 13.8 Å². The Labute approximate surface area is 161 Å². The molecule has 0 spiro atoms. The lowest BCUT2D eigenvalue weighted by Crippen LogP contribution is -2.11. The number of benzene rings is 2. The number of aromatic nitrogens is 1. The second kappa shape index (κ2) is 8.46. The molecule has 0 unspecified atom stereocenters. The first-order valence-electron chi connectivity index (χ1n) is 8.43. The number of hydrogen-bond acceptors (Lipinski definition) is 5. The number of carbonyl (C=O) groups is 2. The molecule has 0 bridgehead atoms. The summed E-state index contributed by atoms with van der Waals surface area (Å²) in [6.45, 7) is 3.96. The molecule has 27 heavy (non-hydrogen) atoms. The number of ether oxygens (including phenoxy) is 1. The Balaban J connectivity index is 1.66. The van der Waals surface area contributed by atoms with Gasteiger partial charge in [0.15, 0.2) is 5.13 Å². The van der Waals surface area contributed by atoms with Crippen LogP contribution >= 0.6 is 11.3 Å². The van der Waals surface area contributed by atoms with Crippen LogP contribution in [-0.4, -0.2) is 23.4 Å². The number of anilines is 2. The highest BCUT2D eigenvalue weighted by Crippen LogP contribution is 2.26. The first-order chi connectivity index (χ1) is 13.0. The standard InChI is InChI=1S/C20H19N3O3S/c1-3-26-17-10-6-15(7-11-17)19(25)23-20-22-18(12-27-20)14-4-8-16(9-5-14)21-13(2)24/h4-12H,3H2,1-2H3,(H,21,24)(H,22,23,25). The summed E-state index contributed by atoms with van der Waals surface area (Å²) >= 11 is 1.36. The van der Waals surface area contributed by atoms with Gasteiger partial charge in [0.1, 0.15) is 5.75 Å². The molecule has 6 nitrogen and oxygen atoms in total. The fourth-order valence-electron chi connectivity index (χ4n) is 2.43. The van der Waals surface area contributed by atoms with Gasteiger partial charge in [-0.2, -0.15) is 0 Å². The summed E-state index contributed by atoms with van der Waals surface area (Å²) in [5, 5.41) is 7.93. The second-order valence-corrected chi connectivity index (χ2v) is 6.57. The van der Waals surface area contributed by atoms with Crippen molar-refractivity contribution < 1.29 is 14.3 Å². The molecule has 138 valence electrons. The van der Waals surface area contributed by atoms with Crippen LogP contribution in [0.3, 0.4) is 0 Å². The van der Waals surface area contributed by atoms with E-state index in [1.165, 1.54) is 18.3 Å². The number of rotatable bonds is 6. The molecule has 3 rings (SSSR count). The highest BCUT2D eigenvalue weighted by molar-refractivity contribution is 7.14. The number of hydrogen-bond donors (Lipinski definition) is 2. The van der Waals surface area contributed by atoms with Crippen LogP contribution in [0.4, 0.5) is 10.8 Å². The van der Waals surface area contributed by atoms with E-state index in [-0.39, 0.29) is 11.8 Å². The summed E-state index contributed by atoms with van der Waals surface area (Å²) in [7, 11) is 0. The zero-order valence-electron chi connectivity index (χ0n) is 15.0. The average Bonchev–Trinajstić information content (AvgIpc) is 3.11. The zero-order valence-corrected chi connectivity index (χ0v) is 15.8. The van der Waals surface area contributed by atoms with Crippen LogP contribution in [0, 0.1) is 0 Å². The maximum atomic E-state index is 12.4. The van der Waals surface area contributed by atoms with Crippen LogP contribution in [-0.2, 0) is 4.79 Å². The average molecular weight is 381 g/mol. The molecule has 7 heteroatoms. The Bertz CT molecular complexity index is 934. The van der Waals surface area contributed by atoms with Crippen molar-refractivity contribution in [1.82, 2.24) is 4.98 Å². The predicted octanol–water partition coefficient (Wildman–Crippen LogP) is 4.42. The molecule has 2 N–H and O–H groups in total. The molecule has 0 saturated heterocycles. The van der Waals surface area contributed by atoms with Gasteiger partial charge in [-0.15, -0.1) is 11.3 Å². The Morgan fingerprint density at radius 3 is 2.37 bits per heavy atom. The largest absolute Gasteiger partial charge is 0.494 e. The van der Waals surface area contributed by atoms with Gasteiger partial charge < -0.3 is 10.1 Å². The van der Waals surface area contributed by atoms with E-state index in [4.69, 9.17) is 4.74 Å². The van der Waals surface area contributed by atoms with Crippen molar-refractivity contribution >= 4 is 34.0 Å². The molecule has 0 saturated carbocycles. The predicted molar refractivity (Wildman–Crippen MR) is 107 cm³/mol. The van der Waals surface area contributed by atoms with E-state index < -0.39 is 0 Å². The third kappa shape index (κ3) is 4.92. The highest BCUT2D eigenvalue weighted by atomic mass is 32.1. The van der Waals surface area contributed by atoms with Gasteiger partial charge in [0.2, 0.25) is 5.91 Å². The van der Waals surface area contributed by atoms with Crippen LogP contribution in [0.15, 0.2) is 53.9 Å². The van der Waals surface area contributed by atoms with Gasteiger partial charge in [0, 0.05) is 29.1 Å². The first kappa shape index (κ1) is 18.6.